The van der Waals surface area contributed by atoms with Gasteiger partial charge in [0, 0.05) is 29.1 Å². The number of aromatic nitrogens is 1. The van der Waals surface area contributed by atoms with E-state index >= 15 is 0 Å². The fourth-order valence-electron chi connectivity index (χ4n) is 1.91. The maximum absolute atomic E-state index is 5.68. The first kappa shape index (κ1) is 10.2. The molecule has 1 aromatic heterocycles. The van der Waals surface area contributed by atoms with Crippen molar-refractivity contribution in [3.8, 4) is 0 Å². The van der Waals surface area contributed by atoms with Crippen LogP contribution in [0.1, 0.15) is 29.7 Å². The molecule has 0 fully saturated rings. The zero-order chi connectivity index (χ0) is 11.0. The number of nitrogens with one attached hydrogen (secondary N) is 1. The van der Waals surface area contributed by atoms with Crippen LogP contribution in [0, 0.1) is 13.8 Å². The molecule has 3 N–H and O–H groups in total. The lowest BCUT2D eigenvalue weighted by Gasteiger charge is -2.03. The minimum absolute atomic E-state index is 0.399. The summed E-state index contributed by atoms with van der Waals surface area (Å²) in [5, 5.41) is 1.32. The highest BCUT2D eigenvalue weighted by atomic mass is 14.7. The fraction of sp³-hybridized carbons (Fsp3) is 0.385. The van der Waals surface area contributed by atoms with E-state index in [0.29, 0.717) is 12.5 Å². The van der Waals surface area contributed by atoms with Gasteiger partial charge in [0.1, 0.15) is 0 Å². The average molecular weight is 202 g/mol. The van der Waals surface area contributed by atoms with Crippen LogP contribution in [0.5, 0.6) is 0 Å². The van der Waals surface area contributed by atoms with Crippen molar-refractivity contribution in [1.29, 1.82) is 0 Å². The summed E-state index contributed by atoms with van der Waals surface area (Å²) in [6, 6.07) is 6.56. The Morgan fingerprint density at radius 2 is 1.93 bits per heavy atom. The third kappa shape index (κ3) is 1.65. The monoisotopic (exact) mass is 202 g/mol. The Morgan fingerprint density at radius 1 is 1.27 bits per heavy atom. The van der Waals surface area contributed by atoms with Gasteiger partial charge in [-0.3, -0.25) is 0 Å². The van der Waals surface area contributed by atoms with E-state index in [1.165, 1.54) is 27.7 Å². The highest BCUT2D eigenvalue weighted by Gasteiger charge is 2.09. The standard InChI is InChI=1S/C13H18N2/c1-8-4-5-9(2)13-11(8)6-12(15-13)10(3)7-14/h4-6,10,15H,7,14H2,1-3H3. The molecule has 0 spiro atoms. The lowest BCUT2D eigenvalue weighted by molar-refractivity contribution is 0.754. The van der Waals surface area contributed by atoms with Gasteiger partial charge in [0.25, 0.3) is 0 Å². The first-order valence-corrected chi connectivity index (χ1v) is 5.42. The van der Waals surface area contributed by atoms with Crippen molar-refractivity contribution in [3.63, 3.8) is 0 Å². The summed E-state index contributed by atoms with van der Waals surface area (Å²) >= 11 is 0. The number of H-pyrrole nitrogens is 1. The maximum atomic E-state index is 5.68. The van der Waals surface area contributed by atoms with Gasteiger partial charge < -0.3 is 10.7 Å². The Hall–Kier alpha value is -1.28. The molecule has 15 heavy (non-hydrogen) atoms. The smallest absolute Gasteiger partial charge is 0.0488 e. The normalized spacial score (nSPS) is 13.3. The topological polar surface area (TPSA) is 41.8 Å². The van der Waals surface area contributed by atoms with Crippen LogP contribution in [0.4, 0.5) is 0 Å². The average Bonchev–Trinajstić information content (AvgIpc) is 2.68. The molecule has 2 nitrogen and oxygen atoms in total. The van der Waals surface area contributed by atoms with Gasteiger partial charge in [0.2, 0.25) is 0 Å². The molecule has 2 heteroatoms. The summed E-state index contributed by atoms with van der Waals surface area (Å²) in [6.45, 7) is 7.11. The Balaban J connectivity index is 2.64. The third-order valence-corrected chi connectivity index (χ3v) is 3.13. The van der Waals surface area contributed by atoms with Crippen molar-refractivity contribution in [1.82, 2.24) is 4.98 Å². The van der Waals surface area contributed by atoms with Crippen LogP contribution in [0.25, 0.3) is 10.9 Å². The number of nitrogens with two attached hydrogens (primary N) is 1. The molecule has 2 aromatic rings. The number of aryl methyl sites for hydroxylation is 2. The molecule has 1 aromatic carbocycles. The summed E-state index contributed by atoms with van der Waals surface area (Å²) in [5.41, 5.74) is 10.8. The van der Waals surface area contributed by atoms with Crippen molar-refractivity contribution < 1.29 is 0 Å². The molecule has 0 bridgehead atoms. The number of fused-ring (bicyclic) bond motifs is 1. The third-order valence-electron chi connectivity index (χ3n) is 3.13. The SMILES string of the molecule is Cc1ccc(C)c2[nH]c(C(C)CN)cc12. The summed E-state index contributed by atoms with van der Waals surface area (Å²) < 4.78 is 0. The van der Waals surface area contributed by atoms with E-state index < -0.39 is 0 Å². The molecule has 0 aliphatic carbocycles. The summed E-state index contributed by atoms with van der Waals surface area (Å²) in [7, 11) is 0. The zero-order valence-electron chi connectivity index (χ0n) is 9.59. The molecule has 0 amide bonds. The van der Waals surface area contributed by atoms with E-state index in [1.807, 2.05) is 0 Å². The van der Waals surface area contributed by atoms with Gasteiger partial charge in [-0.05, 0) is 31.0 Å². The summed E-state index contributed by atoms with van der Waals surface area (Å²) in [5.74, 6) is 0.399. The van der Waals surface area contributed by atoms with Crippen molar-refractivity contribution in [2.24, 2.45) is 5.73 Å². The number of hydrogen-bond donors (Lipinski definition) is 2. The minimum atomic E-state index is 0.399. The van der Waals surface area contributed by atoms with E-state index in [9.17, 15) is 0 Å². The molecule has 0 radical (unpaired) electrons. The largest absolute Gasteiger partial charge is 0.358 e. The lowest BCUT2D eigenvalue weighted by atomic mass is 10.1. The zero-order valence-corrected chi connectivity index (χ0v) is 9.59. The van der Waals surface area contributed by atoms with E-state index in [-0.39, 0.29) is 0 Å². The van der Waals surface area contributed by atoms with Crippen molar-refractivity contribution >= 4 is 10.9 Å². The summed E-state index contributed by atoms with van der Waals surface area (Å²) in [6.07, 6.45) is 0. The predicted molar refractivity (Wildman–Crippen MR) is 65.2 cm³/mol. The van der Waals surface area contributed by atoms with Crippen LogP contribution in [0.3, 0.4) is 0 Å². The number of benzene rings is 1. The van der Waals surface area contributed by atoms with Gasteiger partial charge in [-0.2, -0.15) is 0 Å². The molecular formula is C13H18N2. The van der Waals surface area contributed by atoms with Crippen LogP contribution in [-0.2, 0) is 0 Å². The predicted octanol–water partition coefficient (Wildman–Crippen LogP) is 2.85. The van der Waals surface area contributed by atoms with Gasteiger partial charge >= 0.3 is 0 Å². The van der Waals surface area contributed by atoms with Crippen LogP contribution < -0.4 is 5.73 Å². The van der Waals surface area contributed by atoms with Crippen molar-refractivity contribution in [2.45, 2.75) is 26.7 Å². The van der Waals surface area contributed by atoms with Crippen molar-refractivity contribution in [2.75, 3.05) is 6.54 Å². The molecule has 0 saturated carbocycles. The van der Waals surface area contributed by atoms with E-state index in [1.54, 1.807) is 0 Å². The summed E-state index contributed by atoms with van der Waals surface area (Å²) in [4.78, 5) is 3.48. The Bertz CT molecular complexity index is 443. The van der Waals surface area contributed by atoms with Gasteiger partial charge in [-0.1, -0.05) is 19.1 Å². The Kier molecular flexibility index (Phi) is 2.53. The number of aromatic amines is 1. The second-order valence-electron chi connectivity index (χ2n) is 4.35. The van der Waals surface area contributed by atoms with E-state index in [4.69, 9.17) is 5.73 Å². The lowest BCUT2D eigenvalue weighted by Crippen LogP contribution is -2.08. The first-order chi connectivity index (χ1) is 7.13. The van der Waals surface area contributed by atoms with Crippen LogP contribution in [-0.4, -0.2) is 11.5 Å². The van der Waals surface area contributed by atoms with Gasteiger partial charge in [-0.25, -0.2) is 0 Å². The molecule has 1 unspecified atom stereocenters. The molecule has 1 atom stereocenters. The van der Waals surface area contributed by atoms with Crippen LogP contribution in [0.15, 0.2) is 18.2 Å². The van der Waals surface area contributed by atoms with E-state index in [2.05, 4.69) is 44.0 Å². The molecule has 0 saturated heterocycles. The van der Waals surface area contributed by atoms with Gasteiger partial charge in [0.15, 0.2) is 0 Å². The highest BCUT2D eigenvalue weighted by Crippen LogP contribution is 2.25. The molecule has 80 valence electrons. The minimum Gasteiger partial charge on any atom is -0.358 e. The van der Waals surface area contributed by atoms with Gasteiger partial charge in [0.05, 0.1) is 0 Å². The molecular weight excluding hydrogens is 184 g/mol. The molecule has 0 aliphatic rings. The Morgan fingerprint density at radius 3 is 2.53 bits per heavy atom. The molecule has 0 aliphatic heterocycles. The quantitative estimate of drug-likeness (QED) is 0.772. The second kappa shape index (κ2) is 3.70. The molecule has 1 heterocycles. The van der Waals surface area contributed by atoms with Crippen LogP contribution >= 0.6 is 0 Å². The first-order valence-electron chi connectivity index (χ1n) is 5.42. The number of hydrogen-bond acceptors (Lipinski definition) is 1. The van der Waals surface area contributed by atoms with Gasteiger partial charge in [-0.15, -0.1) is 0 Å². The fourth-order valence-corrected chi connectivity index (χ4v) is 1.91. The Labute approximate surface area is 90.5 Å². The molecule has 2 rings (SSSR count). The highest BCUT2D eigenvalue weighted by molar-refractivity contribution is 5.86. The maximum Gasteiger partial charge on any atom is 0.0488 e. The van der Waals surface area contributed by atoms with Crippen LogP contribution in [0.2, 0.25) is 0 Å². The number of rotatable bonds is 2. The van der Waals surface area contributed by atoms with Crippen molar-refractivity contribution in [3.05, 3.63) is 35.0 Å². The second-order valence-corrected chi connectivity index (χ2v) is 4.35. The van der Waals surface area contributed by atoms with E-state index in [0.717, 1.165) is 0 Å².